The van der Waals surface area contributed by atoms with E-state index in [1.807, 2.05) is 26.0 Å². The van der Waals surface area contributed by atoms with Crippen LogP contribution in [0.15, 0.2) is 72.8 Å². The van der Waals surface area contributed by atoms with Crippen molar-refractivity contribution < 1.29 is 19.1 Å². The Hall–Kier alpha value is -5.22. The maximum Gasteiger partial charge on any atom is 0.269 e. The number of amides is 2. The van der Waals surface area contributed by atoms with Gasteiger partial charge in [-0.05, 0) is 120 Å². The van der Waals surface area contributed by atoms with Crippen molar-refractivity contribution in [2.75, 3.05) is 60.7 Å². The monoisotopic (exact) mass is 942 g/mol. The molecule has 14 nitrogen and oxygen atoms in total. The van der Waals surface area contributed by atoms with E-state index in [1.54, 1.807) is 36.4 Å². The second-order valence-electron chi connectivity index (χ2n) is 16.7. The van der Waals surface area contributed by atoms with Crippen LogP contribution in [-0.4, -0.2) is 107 Å². The first kappa shape index (κ1) is 44.0. The number of ether oxygens (including phenoxy) is 2. The Bertz CT molecular complexity index is 2770. The molecular formula is C46H46Cl4N10O4. The van der Waals surface area contributed by atoms with Gasteiger partial charge in [-0.1, -0.05) is 46.4 Å². The number of piperidine rings is 1. The van der Waals surface area contributed by atoms with E-state index in [1.165, 1.54) is 24.3 Å². The van der Waals surface area contributed by atoms with Gasteiger partial charge in [-0.2, -0.15) is 0 Å². The lowest BCUT2D eigenvalue weighted by molar-refractivity contribution is -0.136. The van der Waals surface area contributed by atoms with E-state index >= 15 is 0 Å². The zero-order valence-electron chi connectivity index (χ0n) is 35.5. The first-order valence-electron chi connectivity index (χ1n) is 21.1. The smallest absolute Gasteiger partial charge is 0.269 e. The van der Waals surface area contributed by atoms with Crippen molar-refractivity contribution in [2.24, 2.45) is 0 Å². The minimum atomic E-state index is -1.66. The van der Waals surface area contributed by atoms with Crippen LogP contribution in [0.25, 0.3) is 21.8 Å². The first-order valence-corrected chi connectivity index (χ1v) is 22.6. The van der Waals surface area contributed by atoms with Crippen LogP contribution in [0.2, 0.25) is 20.1 Å². The Morgan fingerprint density at radius 1 is 0.719 bits per heavy atom. The number of anilines is 4. The maximum absolute atomic E-state index is 14.7. The van der Waals surface area contributed by atoms with E-state index in [9.17, 15) is 9.59 Å². The zero-order valence-corrected chi connectivity index (χ0v) is 38.6. The quantitative estimate of drug-likeness (QED) is 0.108. The molecule has 3 N–H and O–H groups in total. The topological polar surface area (TPSA) is 150 Å². The number of aromatic nitrogens is 4. The molecular weight excluding hydrogens is 898 g/mol. The number of carbonyl (C=O) groups is 2. The van der Waals surface area contributed by atoms with E-state index in [4.69, 9.17) is 75.8 Å². The van der Waals surface area contributed by atoms with Gasteiger partial charge in [0, 0.05) is 76.5 Å². The molecule has 4 aromatic carbocycles. The molecule has 2 amide bonds. The summed E-state index contributed by atoms with van der Waals surface area (Å²) in [5.41, 5.74) is 3.77. The summed E-state index contributed by atoms with van der Waals surface area (Å²) in [6.07, 6.45) is -0.219. The second kappa shape index (κ2) is 18.3. The Labute approximate surface area is 390 Å². The summed E-state index contributed by atoms with van der Waals surface area (Å²) in [5.74, 6) is 0.0642. The highest BCUT2D eigenvalue weighted by molar-refractivity contribution is 6.36. The number of halogens is 4. The van der Waals surface area contributed by atoms with Crippen LogP contribution in [0.1, 0.15) is 30.7 Å². The Kier molecular flexibility index (Phi) is 12.6. The van der Waals surface area contributed by atoms with E-state index in [0.29, 0.717) is 51.4 Å². The van der Waals surface area contributed by atoms with Crippen molar-refractivity contribution in [1.82, 2.24) is 30.2 Å². The average Bonchev–Trinajstić information content (AvgIpc) is 3.91. The molecule has 64 heavy (non-hydrogen) atoms. The Balaban J connectivity index is 1.03. The Morgan fingerprint density at radius 2 is 1.23 bits per heavy atom. The molecule has 3 aliphatic heterocycles. The predicted molar refractivity (Wildman–Crippen MR) is 254 cm³/mol. The highest BCUT2D eigenvalue weighted by atomic mass is 35.5. The summed E-state index contributed by atoms with van der Waals surface area (Å²) < 4.78 is 12.7. The number of hydrogen-bond acceptors (Lipinski definition) is 12. The number of carbonyl (C=O) groups excluding carboxylic acids is 2. The Morgan fingerprint density at radius 3 is 1.70 bits per heavy atom. The maximum atomic E-state index is 14.7. The highest BCUT2D eigenvalue weighted by Gasteiger charge is 2.41. The highest BCUT2D eigenvalue weighted by Crippen LogP contribution is 2.34. The van der Waals surface area contributed by atoms with Crippen molar-refractivity contribution in [2.45, 2.75) is 63.4 Å². The van der Waals surface area contributed by atoms with Crippen molar-refractivity contribution in [1.29, 1.82) is 0 Å². The third kappa shape index (κ3) is 9.31. The molecule has 332 valence electrons. The SMILES string of the molecule is Cc1nc(N2CCC(N(C)C)CC2)nc2ccc(NC(=O)C(Oc3ccc(Cl)cc3Cl)C(Oc3ccc(Cl)cc3Cl)C(=O)Nc3ccc4nc(N5CC6CC5CN6)nc(C)c4c3)cc12. The number of rotatable bonds is 12. The van der Waals surface area contributed by atoms with Gasteiger partial charge in [-0.15, -0.1) is 0 Å². The number of hydrogen-bond donors (Lipinski definition) is 3. The summed E-state index contributed by atoms with van der Waals surface area (Å²) >= 11 is 25.7. The summed E-state index contributed by atoms with van der Waals surface area (Å²) in [6, 6.07) is 21.1. The zero-order chi connectivity index (χ0) is 44.8. The number of nitrogens with one attached hydrogen (secondary N) is 3. The minimum Gasteiger partial charge on any atom is -0.474 e. The standard InChI is InChI=1S/C46H46Cl4N10O4/c1-24-33-20-28(7-9-37(33)56-45(52-24)59-15-13-31(14-16-59)58(3)4)54-43(61)41(63-39-11-5-26(47)17-35(39)49)42(64-40-12-6-27(48)18-36(40)50)44(62)55-29-8-10-38-34(21-29)25(2)53-46(57-38)60-23-30-19-32(60)22-51-30/h5-12,17-18,20-21,30-32,41-42,51H,13-16,19,22-23H2,1-4H3,(H,54,61)(H,55,62). The fourth-order valence-electron chi connectivity index (χ4n) is 8.69. The van der Waals surface area contributed by atoms with Crippen molar-refractivity contribution in [3.05, 3.63) is 104 Å². The molecule has 9 rings (SSSR count). The lowest BCUT2D eigenvalue weighted by Gasteiger charge is -2.35. The van der Waals surface area contributed by atoms with Gasteiger partial charge < -0.3 is 40.1 Å². The molecule has 0 radical (unpaired) electrons. The fourth-order valence-corrected chi connectivity index (χ4v) is 9.60. The average molecular weight is 945 g/mol. The molecule has 0 aliphatic carbocycles. The van der Waals surface area contributed by atoms with Gasteiger partial charge in [-0.3, -0.25) is 9.59 Å². The van der Waals surface area contributed by atoms with Gasteiger partial charge in [0.15, 0.2) is 0 Å². The predicted octanol–water partition coefficient (Wildman–Crippen LogP) is 8.36. The molecule has 3 saturated heterocycles. The molecule has 2 aromatic heterocycles. The van der Waals surface area contributed by atoms with Crippen LogP contribution in [0.3, 0.4) is 0 Å². The number of fused-ring (bicyclic) bond motifs is 4. The summed E-state index contributed by atoms with van der Waals surface area (Å²) in [5, 5.41) is 11.8. The molecule has 2 bridgehead atoms. The largest absolute Gasteiger partial charge is 0.474 e. The minimum absolute atomic E-state index is 0.0796. The third-order valence-electron chi connectivity index (χ3n) is 12.2. The molecule has 4 unspecified atom stereocenters. The lowest BCUT2D eigenvalue weighted by Crippen LogP contribution is -2.51. The lowest BCUT2D eigenvalue weighted by atomic mass is 10.0. The van der Waals surface area contributed by atoms with E-state index in [2.05, 4.69) is 44.7 Å². The van der Waals surface area contributed by atoms with Gasteiger partial charge in [0.1, 0.15) is 11.5 Å². The van der Waals surface area contributed by atoms with Gasteiger partial charge in [0.25, 0.3) is 11.8 Å². The molecule has 0 spiro atoms. The molecule has 3 aliphatic rings. The van der Waals surface area contributed by atoms with Crippen LogP contribution in [0.4, 0.5) is 23.3 Å². The van der Waals surface area contributed by atoms with Crippen LogP contribution >= 0.6 is 46.4 Å². The molecule has 18 heteroatoms. The second-order valence-corrected chi connectivity index (χ2v) is 18.4. The normalized spacial score (nSPS) is 18.5. The molecule has 3 fully saturated rings. The van der Waals surface area contributed by atoms with Gasteiger partial charge in [-0.25, -0.2) is 19.9 Å². The van der Waals surface area contributed by atoms with Crippen LogP contribution in [0.5, 0.6) is 11.5 Å². The van der Waals surface area contributed by atoms with Gasteiger partial charge in [0.2, 0.25) is 24.1 Å². The van der Waals surface area contributed by atoms with Crippen LogP contribution in [-0.2, 0) is 9.59 Å². The van der Waals surface area contributed by atoms with Crippen molar-refractivity contribution >= 4 is 103 Å². The summed E-state index contributed by atoms with van der Waals surface area (Å²) in [6.45, 7) is 7.30. The van der Waals surface area contributed by atoms with Gasteiger partial charge in [0.05, 0.1) is 32.5 Å². The van der Waals surface area contributed by atoms with E-state index < -0.39 is 24.0 Å². The van der Waals surface area contributed by atoms with Crippen LogP contribution < -0.4 is 35.2 Å². The first-order chi connectivity index (χ1) is 30.8. The fraction of sp³-hybridized carbons (Fsp3) is 0.348. The van der Waals surface area contributed by atoms with Crippen LogP contribution in [0, 0.1) is 13.8 Å². The number of nitrogens with zero attached hydrogens (tertiary/aromatic N) is 7. The molecule has 5 heterocycles. The third-order valence-corrected chi connectivity index (χ3v) is 13.2. The number of aryl methyl sites for hydroxylation is 2. The summed E-state index contributed by atoms with van der Waals surface area (Å²) in [7, 11) is 4.22. The number of benzene rings is 4. The summed E-state index contributed by atoms with van der Waals surface area (Å²) in [4.78, 5) is 55.6. The molecule has 6 aromatic rings. The molecule has 0 saturated carbocycles. The van der Waals surface area contributed by atoms with Gasteiger partial charge >= 0.3 is 0 Å². The van der Waals surface area contributed by atoms with Crippen molar-refractivity contribution in [3.8, 4) is 11.5 Å². The van der Waals surface area contributed by atoms with Crippen molar-refractivity contribution in [3.63, 3.8) is 0 Å². The molecule has 4 atom stereocenters. The van der Waals surface area contributed by atoms with E-state index in [-0.39, 0.29) is 21.5 Å². The number of piperazine rings is 1. The van der Waals surface area contributed by atoms with E-state index in [0.717, 1.165) is 78.6 Å².